The zero-order valence-electron chi connectivity index (χ0n) is 11.7. The normalized spacial score (nSPS) is 16.5. The summed E-state index contributed by atoms with van der Waals surface area (Å²) >= 11 is 9.24. The zero-order chi connectivity index (χ0) is 15.4. The molecule has 1 amide bonds. The van der Waals surface area contributed by atoms with E-state index in [1.54, 1.807) is 25.1 Å². The van der Waals surface area contributed by atoms with Gasteiger partial charge in [-0.3, -0.25) is 4.79 Å². The van der Waals surface area contributed by atoms with E-state index < -0.39 is 12.1 Å². The van der Waals surface area contributed by atoms with Crippen LogP contribution in [-0.4, -0.2) is 24.0 Å². The third-order valence-electron chi connectivity index (χ3n) is 3.50. The van der Waals surface area contributed by atoms with Crippen LogP contribution in [0.15, 0.2) is 22.7 Å². The maximum absolute atomic E-state index is 12.1. The van der Waals surface area contributed by atoms with Crippen molar-refractivity contribution in [2.45, 2.75) is 44.8 Å². The van der Waals surface area contributed by atoms with Gasteiger partial charge in [0, 0.05) is 10.5 Å². The van der Waals surface area contributed by atoms with Gasteiger partial charge in [0.15, 0.2) is 6.10 Å². The molecule has 0 saturated heterocycles. The Morgan fingerprint density at radius 3 is 2.71 bits per heavy atom. The highest BCUT2D eigenvalue weighted by molar-refractivity contribution is 9.10. The summed E-state index contributed by atoms with van der Waals surface area (Å²) in [4.78, 5) is 24.0. The number of benzene rings is 1. The third-order valence-corrected chi connectivity index (χ3v) is 4.33. The van der Waals surface area contributed by atoms with Crippen LogP contribution in [0.3, 0.4) is 0 Å². The number of hydrogen-bond donors (Lipinski definition) is 1. The zero-order valence-corrected chi connectivity index (χ0v) is 14.0. The molecular weight excluding hydrogens is 358 g/mol. The van der Waals surface area contributed by atoms with Gasteiger partial charge < -0.3 is 10.1 Å². The van der Waals surface area contributed by atoms with Gasteiger partial charge in [-0.25, -0.2) is 4.79 Å². The highest BCUT2D eigenvalue weighted by Crippen LogP contribution is 2.22. The monoisotopic (exact) mass is 373 g/mol. The van der Waals surface area contributed by atoms with Crippen molar-refractivity contribution >= 4 is 39.4 Å². The summed E-state index contributed by atoms with van der Waals surface area (Å²) in [6, 6.07) is 5.11. The maximum atomic E-state index is 12.1. The lowest BCUT2D eigenvalue weighted by Gasteiger charge is -2.17. The van der Waals surface area contributed by atoms with E-state index in [1.165, 1.54) is 0 Å². The van der Waals surface area contributed by atoms with Crippen molar-refractivity contribution in [3.8, 4) is 0 Å². The molecule has 1 aromatic carbocycles. The molecule has 1 atom stereocenters. The minimum atomic E-state index is -0.840. The van der Waals surface area contributed by atoms with E-state index in [0.717, 1.165) is 30.2 Å². The quantitative estimate of drug-likeness (QED) is 0.818. The molecule has 2 rings (SSSR count). The lowest BCUT2D eigenvalue weighted by atomic mass is 10.2. The summed E-state index contributed by atoms with van der Waals surface area (Å²) in [6.07, 6.45) is 3.40. The van der Waals surface area contributed by atoms with E-state index in [0.29, 0.717) is 5.02 Å². The molecular formula is C15H17BrClNO3. The molecule has 0 aliphatic heterocycles. The van der Waals surface area contributed by atoms with Crippen LogP contribution < -0.4 is 5.32 Å². The molecule has 0 aromatic heterocycles. The maximum Gasteiger partial charge on any atom is 0.340 e. The van der Waals surface area contributed by atoms with Gasteiger partial charge in [0.1, 0.15) is 0 Å². The van der Waals surface area contributed by atoms with Crippen molar-refractivity contribution in [1.82, 2.24) is 5.32 Å². The third kappa shape index (κ3) is 4.45. The van der Waals surface area contributed by atoms with Gasteiger partial charge in [-0.1, -0.05) is 40.4 Å². The first-order valence-electron chi connectivity index (χ1n) is 6.94. The number of ether oxygens (including phenoxy) is 1. The summed E-state index contributed by atoms with van der Waals surface area (Å²) < 4.78 is 5.91. The topological polar surface area (TPSA) is 55.4 Å². The lowest BCUT2D eigenvalue weighted by Crippen LogP contribution is -2.40. The molecule has 21 heavy (non-hydrogen) atoms. The molecule has 1 N–H and O–H groups in total. The highest BCUT2D eigenvalue weighted by Gasteiger charge is 2.24. The van der Waals surface area contributed by atoms with Gasteiger partial charge in [-0.2, -0.15) is 0 Å². The number of amides is 1. The molecule has 0 radical (unpaired) electrons. The molecule has 6 heteroatoms. The van der Waals surface area contributed by atoms with Crippen molar-refractivity contribution in [3.05, 3.63) is 33.3 Å². The summed E-state index contributed by atoms with van der Waals surface area (Å²) in [5, 5.41) is 3.20. The molecule has 4 nitrogen and oxygen atoms in total. The minimum Gasteiger partial charge on any atom is -0.449 e. The molecule has 1 fully saturated rings. The average Bonchev–Trinajstić information content (AvgIpc) is 2.94. The Labute approximate surface area is 137 Å². The Bertz CT molecular complexity index is 544. The number of esters is 1. The largest absolute Gasteiger partial charge is 0.449 e. The van der Waals surface area contributed by atoms with Crippen molar-refractivity contribution in [3.63, 3.8) is 0 Å². The molecule has 1 aliphatic rings. The van der Waals surface area contributed by atoms with Crippen LogP contribution in [0.1, 0.15) is 43.0 Å². The first kappa shape index (κ1) is 16.3. The Morgan fingerprint density at radius 1 is 1.38 bits per heavy atom. The number of carbonyl (C=O) groups is 2. The van der Waals surface area contributed by atoms with Crippen molar-refractivity contribution in [1.29, 1.82) is 0 Å². The summed E-state index contributed by atoms with van der Waals surface area (Å²) in [7, 11) is 0. The molecule has 0 heterocycles. The predicted molar refractivity (Wildman–Crippen MR) is 84.4 cm³/mol. The molecule has 0 bridgehead atoms. The van der Waals surface area contributed by atoms with Gasteiger partial charge in [-0.15, -0.1) is 0 Å². The van der Waals surface area contributed by atoms with Crippen LogP contribution in [0.5, 0.6) is 0 Å². The van der Waals surface area contributed by atoms with Crippen LogP contribution in [0.2, 0.25) is 5.02 Å². The van der Waals surface area contributed by atoms with E-state index in [4.69, 9.17) is 16.3 Å². The van der Waals surface area contributed by atoms with E-state index in [2.05, 4.69) is 21.2 Å². The Kier molecular flexibility index (Phi) is 5.65. The fraction of sp³-hybridized carbons (Fsp3) is 0.467. The van der Waals surface area contributed by atoms with E-state index in [1.807, 2.05) is 0 Å². The predicted octanol–water partition coefficient (Wildman–Crippen LogP) is 3.71. The Morgan fingerprint density at radius 2 is 2.05 bits per heavy atom. The second-order valence-corrected chi connectivity index (χ2v) is 6.48. The highest BCUT2D eigenvalue weighted by atomic mass is 79.9. The lowest BCUT2D eigenvalue weighted by molar-refractivity contribution is -0.129. The van der Waals surface area contributed by atoms with Gasteiger partial charge >= 0.3 is 5.97 Å². The van der Waals surface area contributed by atoms with Crippen LogP contribution in [-0.2, 0) is 9.53 Å². The second-order valence-electron chi connectivity index (χ2n) is 5.16. The summed E-state index contributed by atoms with van der Waals surface area (Å²) in [5.41, 5.74) is 0.242. The first-order chi connectivity index (χ1) is 9.97. The van der Waals surface area contributed by atoms with Crippen molar-refractivity contribution in [2.24, 2.45) is 0 Å². The number of halogens is 2. The van der Waals surface area contributed by atoms with Crippen molar-refractivity contribution in [2.75, 3.05) is 0 Å². The molecule has 1 saturated carbocycles. The number of carbonyl (C=O) groups excluding carboxylic acids is 2. The fourth-order valence-corrected chi connectivity index (χ4v) is 2.88. The van der Waals surface area contributed by atoms with Crippen LogP contribution in [0.4, 0.5) is 0 Å². The molecule has 1 aromatic rings. The Balaban J connectivity index is 1.94. The molecule has 1 aliphatic carbocycles. The van der Waals surface area contributed by atoms with Crippen LogP contribution in [0.25, 0.3) is 0 Å². The number of hydrogen-bond acceptors (Lipinski definition) is 3. The van der Waals surface area contributed by atoms with Gasteiger partial charge in [-0.05, 0) is 38.0 Å². The summed E-state index contributed by atoms with van der Waals surface area (Å²) in [5.74, 6) is -0.864. The van der Waals surface area contributed by atoms with Crippen LogP contribution >= 0.6 is 27.5 Å². The fourth-order valence-electron chi connectivity index (χ4n) is 2.32. The smallest absolute Gasteiger partial charge is 0.340 e. The Hall–Kier alpha value is -1.07. The van der Waals surface area contributed by atoms with E-state index in [-0.39, 0.29) is 17.5 Å². The number of nitrogens with one attached hydrogen (secondary N) is 1. The molecule has 1 unspecified atom stereocenters. The van der Waals surface area contributed by atoms with E-state index >= 15 is 0 Å². The van der Waals surface area contributed by atoms with E-state index in [9.17, 15) is 9.59 Å². The molecule has 0 spiro atoms. The average molecular weight is 375 g/mol. The SMILES string of the molecule is CC(OC(=O)c1cc(Br)ccc1Cl)C(=O)NC1CCCC1. The van der Waals surface area contributed by atoms with Gasteiger partial charge in [0.05, 0.1) is 10.6 Å². The molecule has 114 valence electrons. The summed E-state index contributed by atoms with van der Waals surface area (Å²) in [6.45, 7) is 1.56. The minimum absolute atomic E-state index is 0.202. The number of rotatable bonds is 4. The first-order valence-corrected chi connectivity index (χ1v) is 8.11. The van der Waals surface area contributed by atoms with Gasteiger partial charge in [0.2, 0.25) is 0 Å². The van der Waals surface area contributed by atoms with Crippen LogP contribution in [0, 0.1) is 0 Å². The van der Waals surface area contributed by atoms with Crippen molar-refractivity contribution < 1.29 is 14.3 Å². The standard InChI is InChI=1S/C15H17BrClNO3/c1-9(14(19)18-11-4-2-3-5-11)21-15(20)12-8-10(16)6-7-13(12)17/h6-9,11H,2-5H2,1H3,(H,18,19). The van der Waals surface area contributed by atoms with Gasteiger partial charge in [0.25, 0.3) is 5.91 Å². The second kappa shape index (κ2) is 7.27.